The summed E-state index contributed by atoms with van der Waals surface area (Å²) in [6.07, 6.45) is 1.63. The number of anilines is 1. The first kappa shape index (κ1) is 23.6. The number of benzene rings is 3. The number of carbonyl (C=O) groups excluding carboxylic acids is 1. The van der Waals surface area contributed by atoms with Gasteiger partial charge in [0.15, 0.2) is 0 Å². The van der Waals surface area contributed by atoms with Gasteiger partial charge in [-0.25, -0.2) is 13.6 Å². The van der Waals surface area contributed by atoms with Crippen LogP contribution in [-0.4, -0.2) is 18.4 Å². The molecule has 0 radical (unpaired) electrons. The predicted octanol–water partition coefficient (Wildman–Crippen LogP) is 7.55. The van der Waals surface area contributed by atoms with E-state index >= 15 is 0 Å². The van der Waals surface area contributed by atoms with Crippen molar-refractivity contribution < 1.29 is 18.3 Å². The van der Waals surface area contributed by atoms with Crippen molar-refractivity contribution in [3.05, 3.63) is 89.5 Å². The van der Waals surface area contributed by atoms with Gasteiger partial charge in [0, 0.05) is 11.4 Å². The van der Waals surface area contributed by atoms with Crippen molar-refractivity contribution >= 4 is 17.5 Å². The minimum absolute atomic E-state index is 0.0147. The largest absolute Gasteiger partial charge is 0.449 e. The molecule has 6 heteroatoms. The number of ether oxygens (including phenoxy) is 1. The number of amides is 1. The zero-order chi connectivity index (χ0) is 24.1. The Balaban J connectivity index is 1.39. The monoisotopic (exact) mass is 462 g/mol. The number of nitrogens with one attached hydrogen (secondary N) is 1. The molecule has 1 N–H and O–H groups in total. The van der Waals surface area contributed by atoms with E-state index in [0.717, 1.165) is 29.5 Å². The van der Waals surface area contributed by atoms with Gasteiger partial charge < -0.3 is 4.74 Å². The van der Waals surface area contributed by atoms with Gasteiger partial charge in [-0.3, -0.25) is 10.3 Å². The van der Waals surface area contributed by atoms with Gasteiger partial charge in [0.05, 0.1) is 18.2 Å². The maximum Gasteiger partial charge on any atom is 0.411 e. The topological polar surface area (TPSA) is 50.7 Å². The molecule has 4 nitrogen and oxygen atoms in total. The zero-order valence-electron chi connectivity index (χ0n) is 19.4. The molecule has 1 amide bonds. The number of rotatable bonds is 7. The Hall–Kier alpha value is -3.54. The summed E-state index contributed by atoms with van der Waals surface area (Å²) < 4.78 is 33.4. The van der Waals surface area contributed by atoms with Gasteiger partial charge in [-0.2, -0.15) is 0 Å². The molecule has 0 saturated carbocycles. The van der Waals surface area contributed by atoms with Gasteiger partial charge in [-0.05, 0) is 66.1 Å². The lowest BCUT2D eigenvalue weighted by molar-refractivity contribution is 0.155. The van der Waals surface area contributed by atoms with E-state index < -0.39 is 17.7 Å². The second-order valence-electron chi connectivity index (χ2n) is 8.87. The quantitative estimate of drug-likeness (QED) is 0.394. The van der Waals surface area contributed by atoms with E-state index in [2.05, 4.69) is 24.2 Å². The maximum absolute atomic E-state index is 14.1. The van der Waals surface area contributed by atoms with Gasteiger partial charge >= 0.3 is 6.09 Å². The predicted molar refractivity (Wildman–Crippen MR) is 131 cm³/mol. The molecule has 4 rings (SSSR count). The van der Waals surface area contributed by atoms with Gasteiger partial charge in [-0.1, -0.05) is 56.3 Å². The van der Waals surface area contributed by atoms with Crippen molar-refractivity contribution in [3.8, 4) is 11.1 Å². The number of halogens is 2. The molecule has 34 heavy (non-hydrogen) atoms. The molecule has 1 atom stereocenters. The Morgan fingerprint density at radius 2 is 1.62 bits per heavy atom. The minimum atomic E-state index is -0.573. The summed E-state index contributed by atoms with van der Waals surface area (Å²) in [4.78, 5) is 16.5. The van der Waals surface area contributed by atoms with Gasteiger partial charge in [-0.15, -0.1) is 0 Å². The summed E-state index contributed by atoms with van der Waals surface area (Å²) in [6, 6.07) is 19.3. The van der Waals surface area contributed by atoms with Crippen LogP contribution in [0.4, 0.5) is 19.3 Å². The van der Waals surface area contributed by atoms with E-state index in [9.17, 15) is 13.6 Å². The van der Waals surface area contributed by atoms with Crippen molar-refractivity contribution in [1.29, 1.82) is 0 Å². The third-order valence-electron chi connectivity index (χ3n) is 5.91. The first-order chi connectivity index (χ1) is 16.4. The highest BCUT2D eigenvalue weighted by molar-refractivity contribution is 6.02. The van der Waals surface area contributed by atoms with Crippen molar-refractivity contribution in [2.24, 2.45) is 10.9 Å². The third kappa shape index (κ3) is 5.68. The summed E-state index contributed by atoms with van der Waals surface area (Å²) >= 11 is 0. The average Bonchev–Trinajstić information content (AvgIpc) is 3.29. The lowest BCUT2D eigenvalue weighted by Crippen LogP contribution is -2.15. The van der Waals surface area contributed by atoms with E-state index in [4.69, 9.17) is 4.74 Å². The molecule has 1 aliphatic rings. The lowest BCUT2D eigenvalue weighted by atomic mass is 9.99. The van der Waals surface area contributed by atoms with E-state index in [1.54, 1.807) is 0 Å². The van der Waals surface area contributed by atoms with E-state index in [1.807, 2.05) is 48.5 Å². The standard InChI is InChI=1S/C28H28F2N2O2/c1-18(2)16-17-34-28(33)31-22-12-10-20(11-13-22)19-6-8-21(9-7-19)25-14-15-26(32-25)27-23(29)4-3-5-24(27)30/h3-13,18,25H,14-17H2,1-2H3,(H,31,33). The number of carbonyl (C=O) groups is 1. The SMILES string of the molecule is CC(C)CCOC(=O)Nc1ccc(-c2ccc(C3CCC(c4c(F)cccc4F)=N3)cc2)cc1. The average molecular weight is 463 g/mol. The van der Waals surface area contributed by atoms with Crippen LogP contribution in [0.3, 0.4) is 0 Å². The van der Waals surface area contributed by atoms with Crippen molar-refractivity contribution in [1.82, 2.24) is 0 Å². The van der Waals surface area contributed by atoms with Crippen LogP contribution >= 0.6 is 0 Å². The van der Waals surface area contributed by atoms with Gasteiger partial charge in [0.25, 0.3) is 0 Å². The Kier molecular flexibility index (Phi) is 7.36. The summed E-state index contributed by atoms with van der Waals surface area (Å²) in [6.45, 7) is 4.56. The molecule has 176 valence electrons. The van der Waals surface area contributed by atoms with Crippen LogP contribution in [0.25, 0.3) is 11.1 Å². The summed E-state index contributed by atoms with van der Waals surface area (Å²) in [7, 11) is 0. The zero-order valence-corrected chi connectivity index (χ0v) is 19.4. The normalized spacial score (nSPS) is 15.3. The van der Waals surface area contributed by atoms with Gasteiger partial charge in [0.1, 0.15) is 11.6 Å². The summed E-state index contributed by atoms with van der Waals surface area (Å²) in [5.74, 6) is -0.663. The van der Waals surface area contributed by atoms with E-state index in [-0.39, 0.29) is 11.6 Å². The molecule has 3 aromatic carbocycles. The molecule has 3 aromatic rings. The molecular formula is C28H28F2N2O2. The summed E-state index contributed by atoms with van der Waals surface area (Å²) in [5, 5.41) is 2.74. The number of hydrogen-bond donors (Lipinski definition) is 1. The van der Waals surface area contributed by atoms with Crippen LogP contribution in [0.1, 0.15) is 50.3 Å². The highest BCUT2D eigenvalue weighted by atomic mass is 19.1. The van der Waals surface area contributed by atoms with E-state index in [1.165, 1.54) is 18.2 Å². The second-order valence-corrected chi connectivity index (χ2v) is 8.87. The number of nitrogens with zero attached hydrogens (tertiary/aromatic N) is 1. The highest BCUT2D eigenvalue weighted by Crippen LogP contribution is 2.33. The first-order valence-corrected chi connectivity index (χ1v) is 11.6. The molecule has 0 saturated heterocycles. The fourth-order valence-corrected chi connectivity index (χ4v) is 3.98. The van der Waals surface area contributed by atoms with Crippen LogP contribution < -0.4 is 5.32 Å². The number of aliphatic imine (C=N–C) groups is 1. The highest BCUT2D eigenvalue weighted by Gasteiger charge is 2.24. The smallest absolute Gasteiger partial charge is 0.411 e. The maximum atomic E-state index is 14.1. The van der Waals surface area contributed by atoms with Crippen LogP contribution in [0.5, 0.6) is 0 Å². The molecule has 1 heterocycles. The molecule has 0 fully saturated rings. The van der Waals surface area contributed by atoms with Crippen molar-refractivity contribution in [3.63, 3.8) is 0 Å². The Bertz CT molecular complexity index is 1150. The second kappa shape index (κ2) is 10.6. The molecule has 1 aliphatic heterocycles. The van der Waals surface area contributed by atoms with Crippen LogP contribution in [0.2, 0.25) is 0 Å². The summed E-state index contributed by atoms with van der Waals surface area (Å²) in [5.41, 5.74) is 4.18. The molecule has 1 unspecified atom stereocenters. The van der Waals surface area contributed by atoms with E-state index in [0.29, 0.717) is 30.3 Å². The fraction of sp³-hybridized carbons (Fsp3) is 0.286. The molecule has 0 bridgehead atoms. The van der Waals surface area contributed by atoms with Crippen LogP contribution in [-0.2, 0) is 4.74 Å². The Morgan fingerprint density at radius 3 is 2.24 bits per heavy atom. The molecule has 0 aliphatic carbocycles. The third-order valence-corrected chi connectivity index (χ3v) is 5.91. The Labute approximate surface area is 198 Å². The molecular weight excluding hydrogens is 434 g/mol. The number of hydrogen-bond acceptors (Lipinski definition) is 3. The first-order valence-electron chi connectivity index (χ1n) is 11.6. The molecule has 0 spiro atoms. The van der Waals surface area contributed by atoms with Crippen molar-refractivity contribution in [2.45, 2.75) is 39.2 Å². The minimum Gasteiger partial charge on any atom is -0.449 e. The van der Waals surface area contributed by atoms with Crippen molar-refractivity contribution in [2.75, 3.05) is 11.9 Å². The Morgan fingerprint density at radius 1 is 1.00 bits per heavy atom. The van der Waals surface area contributed by atoms with Crippen LogP contribution in [0.15, 0.2) is 71.7 Å². The lowest BCUT2D eigenvalue weighted by Gasteiger charge is -2.10. The fourth-order valence-electron chi connectivity index (χ4n) is 3.98. The van der Waals surface area contributed by atoms with Crippen LogP contribution in [0, 0.1) is 17.6 Å². The van der Waals surface area contributed by atoms with Gasteiger partial charge in [0.2, 0.25) is 0 Å². The molecule has 0 aromatic heterocycles.